The lowest BCUT2D eigenvalue weighted by Crippen LogP contribution is -2.43. The Morgan fingerprint density at radius 1 is 1.24 bits per heavy atom. The highest BCUT2D eigenvalue weighted by Gasteiger charge is 2.21. The SMILES string of the molecule is Cc1nnc(NC(=O)NC(CCC(N)=O)C(=O)O)nc1C. The number of aryl methyl sites for hydroxylation is 2. The van der Waals surface area contributed by atoms with Crippen molar-refractivity contribution in [3.8, 4) is 0 Å². The van der Waals surface area contributed by atoms with Crippen molar-refractivity contribution in [3.05, 3.63) is 11.4 Å². The van der Waals surface area contributed by atoms with E-state index in [0.29, 0.717) is 11.4 Å². The molecule has 5 N–H and O–H groups in total. The second kappa shape index (κ2) is 7.12. The Morgan fingerprint density at radius 2 is 1.90 bits per heavy atom. The zero-order chi connectivity index (χ0) is 16.0. The highest BCUT2D eigenvalue weighted by atomic mass is 16.4. The van der Waals surface area contributed by atoms with Crippen LogP contribution in [0.15, 0.2) is 0 Å². The monoisotopic (exact) mass is 296 g/mol. The molecule has 0 spiro atoms. The molecule has 1 unspecified atom stereocenters. The van der Waals surface area contributed by atoms with Gasteiger partial charge < -0.3 is 16.2 Å². The summed E-state index contributed by atoms with van der Waals surface area (Å²) in [7, 11) is 0. The van der Waals surface area contributed by atoms with Gasteiger partial charge in [0.25, 0.3) is 5.95 Å². The summed E-state index contributed by atoms with van der Waals surface area (Å²) in [5.74, 6) is -1.97. The number of aromatic nitrogens is 3. The van der Waals surface area contributed by atoms with Gasteiger partial charge in [0.05, 0.1) is 11.4 Å². The first-order valence-electron chi connectivity index (χ1n) is 6.06. The Labute approximate surface area is 120 Å². The first-order valence-corrected chi connectivity index (χ1v) is 6.06. The molecule has 0 bridgehead atoms. The van der Waals surface area contributed by atoms with E-state index in [0.717, 1.165) is 0 Å². The zero-order valence-electron chi connectivity index (χ0n) is 11.6. The second-order valence-electron chi connectivity index (χ2n) is 4.30. The molecule has 1 aromatic heterocycles. The molecule has 0 aliphatic rings. The Morgan fingerprint density at radius 3 is 2.43 bits per heavy atom. The molecule has 10 heteroatoms. The van der Waals surface area contributed by atoms with Crippen LogP contribution in [-0.4, -0.2) is 44.2 Å². The fourth-order valence-electron chi connectivity index (χ4n) is 1.35. The van der Waals surface area contributed by atoms with Crippen LogP contribution in [0.25, 0.3) is 0 Å². The summed E-state index contributed by atoms with van der Waals surface area (Å²) in [6.07, 6.45) is -0.261. The molecule has 1 aromatic rings. The van der Waals surface area contributed by atoms with Crippen LogP contribution < -0.4 is 16.4 Å². The molecule has 114 valence electrons. The number of nitrogens with one attached hydrogen (secondary N) is 2. The van der Waals surface area contributed by atoms with Crippen LogP contribution in [0.2, 0.25) is 0 Å². The lowest BCUT2D eigenvalue weighted by atomic mass is 10.1. The fourth-order valence-corrected chi connectivity index (χ4v) is 1.35. The minimum Gasteiger partial charge on any atom is -0.480 e. The topological polar surface area (TPSA) is 160 Å². The van der Waals surface area contributed by atoms with Crippen LogP contribution in [0.5, 0.6) is 0 Å². The van der Waals surface area contributed by atoms with Crippen molar-refractivity contribution in [2.75, 3.05) is 5.32 Å². The molecule has 10 nitrogen and oxygen atoms in total. The number of hydrogen-bond donors (Lipinski definition) is 4. The molecular weight excluding hydrogens is 280 g/mol. The average Bonchev–Trinajstić information content (AvgIpc) is 2.38. The van der Waals surface area contributed by atoms with Crippen LogP contribution in [-0.2, 0) is 9.59 Å². The predicted molar refractivity (Wildman–Crippen MR) is 71.3 cm³/mol. The standard InChI is InChI=1S/C11H16N6O4/c1-5-6(2)16-17-10(13-5)15-11(21)14-7(9(19)20)3-4-8(12)18/h7H,3-4H2,1-2H3,(H2,12,18)(H,19,20)(H2,13,14,15,17,21). The molecular formula is C11H16N6O4. The third kappa shape index (κ3) is 5.38. The number of rotatable bonds is 6. The van der Waals surface area contributed by atoms with E-state index in [-0.39, 0.29) is 18.8 Å². The van der Waals surface area contributed by atoms with E-state index >= 15 is 0 Å². The van der Waals surface area contributed by atoms with Crippen molar-refractivity contribution in [2.45, 2.75) is 32.7 Å². The summed E-state index contributed by atoms with van der Waals surface area (Å²) >= 11 is 0. The largest absolute Gasteiger partial charge is 0.480 e. The van der Waals surface area contributed by atoms with Crippen molar-refractivity contribution in [3.63, 3.8) is 0 Å². The number of carboxylic acids is 1. The minimum atomic E-state index is -1.27. The van der Waals surface area contributed by atoms with E-state index in [1.54, 1.807) is 13.8 Å². The molecule has 1 atom stereocenters. The third-order valence-corrected chi connectivity index (χ3v) is 2.60. The Hall–Kier alpha value is -2.78. The Bertz CT molecular complexity index is 562. The summed E-state index contributed by atoms with van der Waals surface area (Å²) in [5.41, 5.74) is 6.14. The number of hydrogen-bond acceptors (Lipinski definition) is 6. The molecule has 0 aliphatic heterocycles. The van der Waals surface area contributed by atoms with E-state index < -0.39 is 23.9 Å². The Kier molecular flexibility index (Phi) is 5.52. The molecule has 0 aliphatic carbocycles. The molecule has 0 saturated carbocycles. The number of carbonyl (C=O) groups is 3. The van der Waals surface area contributed by atoms with Gasteiger partial charge in [-0.15, -0.1) is 5.10 Å². The fraction of sp³-hybridized carbons (Fsp3) is 0.455. The van der Waals surface area contributed by atoms with Crippen molar-refractivity contribution in [1.82, 2.24) is 20.5 Å². The molecule has 21 heavy (non-hydrogen) atoms. The summed E-state index contributed by atoms with van der Waals surface area (Å²) in [5, 5.41) is 20.8. The van der Waals surface area contributed by atoms with Gasteiger partial charge in [0.15, 0.2) is 0 Å². The van der Waals surface area contributed by atoms with Gasteiger partial charge in [-0.3, -0.25) is 10.1 Å². The number of anilines is 1. The van der Waals surface area contributed by atoms with Gasteiger partial charge >= 0.3 is 12.0 Å². The number of carboxylic acid groups (broad SMARTS) is 1. The van der Waals surface area contributed by atoms with Crippen molar-refractivity contribution >= 4 is 23.9 Å². The van der Waals surface area contributed by atoms with E-state index in [1.165, 1.54) is 0 Å². The number of primary amides is 1. The minimum absolute atomic E-state index is 0.0466. The number of nitrogens with two attached hydrogens (primary N) is 1. The summed E-state index contributed by atoms with van der Waals surface area (Å²) in [4.78, 5) is 37.2. The van der Waals surface area contributed by atoms with Crippen molar-refractivity contribution in [2.24, 2.45) is 5.73 Å². The highest BCUT2D eigenvalue weighted by molar-refractivity contribution is 5.91. The Balaban J connectivity index is 2.62. The molecule has 0 fully saturated rings. The summed E-state index contributed by atoms with van der Waals surface area (Å²) < 4.78 is 0. The van der Waals surface area contributed by atoms with Gasteiger partial charge in [-0.1, -0.05) is 0 Å². The first-order chi connectivity index (χ1) is 9.79. The van der Waals surface area contributed by atoms with Gasteiger partial charge in [0.2, 0.25) is 5.91 Å². The van der Waals surface area contributed by atoms with Gasteiger partial charge in [-0.2, -0.15) is 5.10 Å². The second-order valence-corrected chi connectivity index (χ2v) is 4.30. The number of aliphatic carboxylic acids is 1. The van der Waals surface area contributed by atoms with E-state index in [1.807, 2.05) is 0 Å². The van der Waals surface area contributed by atoms with Gasteiger partial charge in [-0.25, -0.2) is 14.6 Å². The summed E-state index contributed by atoms with van der Waals surface area (Å²) in [6, 6.07) is -2.05. The smallest absolute Gasteiger partial charge is 0.326 e. The first kappa shape index (κ1) is 16.3. The lowest BCUT2D eigenvalue weighted by Gasteiger charge is -2.13. The number of carbonyl (C=O) groups excluding carboxylic acids is 2. The van der Waals surface area contributed by atoms with Crippen LogP contribution >= 0.6 is 0 Å². The van der Waals surface area contributed by atoms with Crippen molar-refractivity contribution in [1.29, 1.82) is 0 Å². The number of urea groups is 1. The molecule has 0 saturated heterocycles. The van der Waals surface area contributed by atoms with Crippen molar-refractivity contribution < 1.29 is 19.5 Å². The van der Waals surface area contributed by atoms with Gasteiger partial charge in [0, 0.05) is 6.42 Å². The highest BCUT2D eigenvalue weighted by Crippen LogP contribution is 2.03. The average molecular weight is 296 g/mol. The molecule has 1 heterocycles. The van der Waals surface area contributed by atoms with Gasteiger partial charge in [-0.05, 0) is 20.3 Å². The molecule has 1 rings (SSSR count). The van der Waals surface area contributed by atoms with Crippen LogP contribution in [0.1, 0.15) is 24.2 Å². The van der Waals surface area contributed by atoms with Crippen LogP contribution in [0, 0.1) is 13.8 Å². The van der Waals surface area contributed by atoms with E-state index in [4.69, 9.17) is 10.8 Å². The maximum atomic E-state index is 11.7. The van der Waals surface area contributed by atoms with Crippen LogP contribution in [0.3, 0.4) is 0 Å². The van der Waals surface area contributed by atoms with Gasteiger partial charge in [0.1, 0.15) is 6.04 Å². The summed E-state index contributed by atoms with van der Waals surface area (Å²) in [6.45, 7) is 3.41. The molecule has 0 radical (unpaired) electrons. The van der Waals surface area contributed by atoms with E-state index in [2.05, 4.69) is 25.8 Å². The quantitative estimate of drug-likeness (QED) is 0.541. The molecule has 3 amide bonds. The third-order valence-electron chi connectivity index (χ3n) is 2.60. The number of amides is 3. The number of nitrogens with zero attached hydrogens (tertiary/aromatic N) is 3. The maximum absolute atomic E-state index is 11.7. The lowest BCUT2D eigenvalue weighted by molar-refractivity contribution is -0.139. The molecule has 0 aromatic carbocycles. The predicted octanol–water partition coefficient (Wildman–Crippen LogP) is -0.671. The maximum Gasteiger partial charge on any atom is 0.326 e. The zero-order valence-corrected chi connectivity index (χ0v) is 11.6. The normalized spacial score (nSPS) is 11.5. The van der Waals surface area contributed by atoms with Crippen LogP contribution in [0.4, 0.5) is 10.7 Å². The van der Waals surface area contributed by atoms with E-state index in [9.17, 15) is 14.4 Å².